The molecule has 7 heteroatoms. The first kappa shape index (κ1) is 22.3. The van der Waals surface area contributed by atoms with Crippen LogP contribution in [0.2, 0.25) is 5.02 Å². The van der Waals surface area contributed by atoms with Crippen LogP contribution in [0.4, 0.5) is 5.69 Å². The number of halogens is 1. The minimum absolute atomic E-state index is 0.00419. The summed E-state index contributed by atoms with van der Waals surface area (Å²) in [4.78, 5) is 19.6. The summed E-state index contributed by atoms with van der Waals surface area (Å²) in [6.45, 7) is 1.87. The van der Waals surface area contributed by atoms with Gasteiger partial charge in [0, 0.05) is 31.5 Å². The zero-order valence-corrected chi connectivity index (χ0v) is 19.7. The highest BCUT2D eigenvalue weighted by atomic mass is 35.5. The van der Waals surface area contributed by atoms with Crippen LogP contribution >= 0.6 is 11.6 Å². The van der Waals surface area contributed by atoms with Gasteiger partial charge >= 0.3 is 0 Å². The van der Waals surface area contributed by atoms with Crippen molar-refractivity contribution in [1.82, 2.24) is 9.55 Å². The Morgan fingerprint density at radius 1 is 1.03 bits per heavy atom. The number of methoxy groups -OCH3 is 1. The van der Waals surface area contributed by atoms with Crippen molar-refractivity contribution in [2.45, 2.75) is 25.3 Å². The van der Waals surface area contributed by atoms with Crippen molar-refractivity contribution in [3.8, 4) is 11.5 Å². The Hall–Kier alpha value is -3.51. The van der Waals surface area contributed by atoms with Crippen LogP contribution in [0.15, 0.2) is 72.8 Å². The van der Waals surface area contributed by atoms with Crippen LogP contribution in [-0.4, -0.2) is 35.7 Å². The third kappa shape index (κ3) is 4.46. The summed E-state index contributed by atoms with van der Waals surface area (Å²) < 4.78 is 13.4. The number of benzene rings is 3. The maximum atomic E-state index is 12.9. The molecule has 0 radical (unpaired) electrons. The molecule has 174 valence electrons. The van der Waals surface area contributed by atoms with Crippen LogP contribution in [0.25, 0.3) is 11.0 Å². The normalized spacial score (nSPS) is 15.8. The second kappa shape index (κ2) is 9.77. The molecule has 1 atom stereocenters. The van der Waals surface area contributed by atoms with Gasteiger partial charge in [0.2, 0.25) is 5.91 Å². The fourth-order valence-electron chi connectivity index (χ4n) is 4.53. The zero-order chi connectivity index (χ0) is 23.5. The van der Waals surface area contributed by atoms with Gasteiger partial charge in [0.05, 0.1) is 35.5 Å². The van der Waals surface area contributed by atoms with Crippen molar-refractivity contribution in [3.63, 3.8) is 0 Å². The smallest absolute Gasteiger partial charge is 0.227 e. The van der Waals surface area contributed by atoms with Gasteiger partial charge in [-0.15, -0.1) is 0 Å². The standard InChI is InChI=1S/C27H26ClN3O3/c1-33-20-8-6-9-21(17-20)34-15-7-14-30-25-13-5-3-11-23(25)29-27(30)19-16-26(32)31(18-19)24-12-4-2-10-22(24)28/h2-6,8-13,17,19H,7,14-16,18H2,1H3. The number of para-hydroxylation sites is 3. The number of nitrogens with zero attached hydrogens (tertiary/aromatic N) is 3. The third-order valence-corrected chi connectivity index (χ3v) is 6.47. The highest BCUT2D eigenvalue weighted by Gasteiger charge is 2.35. The molecule has 34 heavy (non-hydrogen) atoms. The van der Waals surface area contributed by atoms with E-state index in [2.05, 4.69) is 10.6 Å². The third-order valence-electron chi connectivity index (χ3n) is 6.15. The van der Waals surface area contributed by atoms with E-state index in [4.69, 9.17) is 26.1 Å². The molecule has 3 aromatic carbocycles. The summed E-state index contributed by atoms with van der Waals surface area (Å²) in [5.74, 6) is 2.56. The predicted molar refractivity (Wildman–Crippen MR) is 134 cm³/mol. The van der Waals surface area contributed by atoms with E-state index in [1.165, 1.54) is 0 Å². The molecule has 0 N–H and O–H groups in total. The topological polar surface area (TPSA) is 56.6 Å². The summed E-state index contributed by atoms with van der Waals surface area (Å²) in [7, 11) is 1.64. The Balaban J connectivity index is 1.34. The molecule has 5 rings (SSSR count). The lowest BCUT2D eigenvalue weighted by molar-refractivity contribution is -0.117. The molecule has 1 aliphatic heterocycles. The molecule has 0 aliphatic carbocycles. The minimum atomic E-state index is -0.00419. The number of hydrogen-bond acceptors (Lipinski definition) is 4. The Kier molecular flexibility index (Phi) is 6.41. The average Bonchev–Trinajstić information content (AvgIpc) is 3.42. The van der Waals surface area contributed by atoms with E-state index in [1.807, 2.05) is 66.7 Å². The first-order chi connectivity index (χ1) is 16.6. The van der Waals surface area contributed by atoms with Gasteiger partial charge in [-0.25, -0.2) is 4.98 Å². The van der Waals surface area contributed by atoms with E-state index in [0.717, 1.165) is 47.0 Å². The number of aryl methyl sites for hydroxylation is 1. The van der Waals surface area contributed by atoms with E-state index in [-0.39, 0.29) is 11.8 Å². The summed E-state index contributed by atoms with van der Waals surface area (Å²) in [5.41, 5.74) is 2.77. The zero-order valence-electron chi connectivity index (χ0n) is 19.0. The Labute approximate surface area is 203 Å². The lowest BCUT2D eigenvalue weighted by Crippen LogP contribution is -2.24. The Morgan fingerprint density at radius 3 is 2.68 bits per heavy atom. The molecule has 0 bridgehead atoms. The number of aromatic nitrogens is 2. The van der Waals surface area contributed by atoms with E-state index >= 15 is 0 Å². The van der Waals surface area contributed by atoms with Crippen LogP contribution in [0.5, 0.6) is 11.5 Å². The fraction of sp³-hybridized carbons (Fsp3) is 0.259. The SMILES string of the molecule is COc1cccc(OCCCn2c(C3CC(=O)N(c4ccccc4Cl)C3)nc3ccccc32)c1. The summed E-state index contributed by atoms with van der Waals surface area (Å²) in [6, 6.07) is 23.2. The predicted octanol–water partition coefficient (Wildman–Crippen LogP) is 5.69. The number of ether oxygens (including phenoxy) is 2. The number of imidazole rings is 1. The lowest BCUT2D eigenvalue weighted by atomic mass is 10.1. The van der Waals surface area contributed by atoms with Crippen molar-refractivity contribution < 1.29 is 14.3 Å². The number of rotatable bonds is 8. The van der Waals surface area contributed by atoms with Crippen LogP contribution in [0.1, 0.15) is 24.6 Å². The molecule has 1 aromatic heterocycles. The van der Waals surface area contributed by atoms with Crippen molar-refractivity contribution in [2.24, 2.45) is 0 Å². The van der Waals surface area contributed by atoms with Gasteiger partial charge in [-0.2, -0.15) is 0 Å². The van der Waals surface area contributed by atoms with Crippen LogP contribution < -0.4 is 14.4 Å². The van der Waals surface area contributed by atoms with Crippen LogP contribution in [-0.2, 0) is 11.3 Å². The van der Waals surface area contributed by atoms with Gasteiger partial charge in [-0.05, 0) is 42.8 Å². The number of amides is 1. The second-order valence-corrected chi connectivity index (χ2v) is 8.76. The number of anilines is 1. The Bertz CT molecular complexity index is 1320. The van der Waals surface area contributed by atoms with Gasteiger partial charge in [-0.1, -0.05) is 41.9 Å². The maximum absolute atomic E-state index is 12.9. The summed E-state index contributed by atoms with van der Waals surface area (Å²) >= 11 is 6.38. The fourth-order valence-corrected chi connectivity index (χ4v) is 4.77. The monoisotopic (exact) mass is 475 g/mol. The van der Waals surface area contributed by atoms with E-state index < -0.39 is 0 Å². The largest absolute Gasteiger partial charge is 0.497 e. The van der Waals surface area contributed by atoms with Crippen molar-refractivity contribution in [2.75, 3.05) is 25.2 Å². The highest BCUT2D eigenvalue weighted by Crippen LogP contribution is 2.36. The first-order valence-corrected chi connectivity index (χ1v) is 11.8. The molecule has 4 aromatic rings. The number of fused-ring (bicyclic) bond motifs is 1. The van der Waals surface area contributed by atoms with Crippen LogP contribution in [0.3, 0.4) is 0 Å². The second-order valence-electron chi connectivity index (χ2n) is 8.35. The summed E-state index contributed by atoms with van der Waals surface area (Å²) in [6.07, 6.45) is 1.22. The number of hydrogen-bond donors (Lipinski definition) is 0. The van der Waals surface area contributed by atoms with Gasteiger partial charge in [-0.3, -0.25) is 4.79 Å². The van der Waals surface area contributed by atoms with Gasteiger partial charge in [0.25, 0.3) is 0 Å². The van der Waals surface area contributed by atoms with E-state index in [1.54, 1.807) is 12.0 Å². The molecule has 0 saturated carbocycles. The van der Waals surface area contributed by atoms with Gasteiger partial charge in [0.15, 0.2) is 0 Å². The van der Waals surface area contributed by atoms with Crippen molar-refractivity contribution >= 4 is 34.2 Å². The molecule has 1 saturated heterocycles. The molecule has 1 aliphatic rings. The molecule has 1 unspecified atom stereocenters. The molecular formula is C27H26ClN3O3. The highest BCUT2D eigenvalue weighted by molar-refractivity contribution is 6.33. The van der Waals surface area contributed by atoms with E-state index in [9.17, 15) is 4.79 Å². The van der Waals surface area contributed by atoms with Crippen molar-refractivity contribution in [1.29, 1.82) is 0 Å². The van der Waals surface area contributed by atoms with Gasteiger partial charge < -0.3 is 18.9 Å². The first-order valence-electron chi connectivity index (χ1n) is 11.4. The van der Waals surface area contributed by atoms with Crippen molar-refractivity contribution in [3.05, 3.63) is 83.6 Å². The number of carbonyl (C=O) groups excluding carboxylic acids is 1. The average molecular weight is 476 g/mol. The molecular weight excluding hydrogens is 450 g/mol. The minimum Gasteiger partial charge on any atom is -0.497 e. The molecule has 1 fully saturated rings. The Morgan fingerprint density at radius 2 is 1.82 bits per heavy atom. The number of carbonyl (C=O) groups is 1. The molecule has 1 amide bonds. The molecule has 2 heterocycles. The maximum Gasteiger partial charge on any atom is 0.227 e. The summed E-state index contributed by atoms with van der Waals surface area (Å²) in [5, 5.41) is 0.583. The quantitative estimate of drug-likeness (QED) is 0.307. The molecule has 0 spiro atoms. The lowest BCUT2D eigenvalue weighted by Gasteiger charge is -2.18. The van der Waals surface area contributed by atoms with Gasteiger partial charge in [0.1, 0.15) is 17.3 Å². The van der Waals surface area contributed by atoms with Crippen LogP contribution in [0, 0.1) is 0 Å². The molecule has 6 nitrogen and oxygen atoms in total. The van der Waals surface area contributed by atoms with E-state index in [0.29, 0.717) is 24.6 Å².